The first kappa shape index (κ1) is 29.9. The third-order valence-corrected chi connectivity index (χ3v) is 8.77. The highest BCUT2D eigenvalue weighted by molar-refractivity contribution is 6.31. The largest absolute Gasteiger partial charge is 0.487 e. The highest BCUT2D eigenvalue weighted by Crippen LogP contribution is 2.48. The second-order valence-electron chi connectivity index (χ2n) is 10.7. The Bertz CT molecular complexity index is 1210. The highest BCUT2D eigenvalue weighted by Gasteiger charge is 2.52. The molecule has 4 rings (SSSR count). The Hall–Kier alpha value is -3.12. The standard InChI is InChI=1S/C27H36ClF2N5O5/c1-3-35(32)22(23(29)30)18(31)14-40-19-9-8-17(28)15-10-13-34(24(21(15)19)33-12-5-7-20(33)36)25(37)16-6-4-11-27(16,2)26(38)39/h8-9,16,23-24H,3-7,10-14,31-32H2,1-2H3,(H,38,39)/b22-18-/t16?,24?,27-/m0/s1. The number of ether oxygens (including phenoxy) is 1. The first-order valence-corrected chi connectivity index (χ1v) is 13.9. The maximum atomic E-state index is 14.1. The average molecular weight is 584 g/mol. The van der Waals surface area contributed by atoms with Crippen molar-refractivity contribution < 1.29 is 33.0 Å². The van der Waals surface area contributed by atoms with Crippen molar-refractivity contribution >= 4 is 29.4 Å². The van der Waals surface area contributed by atoms with E-state index >= 15 is 0 Å². The van der Waals surface area contributed by atoms with E-state index in [0.717, 1.165) is 5.01 Å². The summed E-state index contributed by atoms with van der Waals surface area (Å²) in [5.74, 6) is 3.66. The fraction of sp³-hybridized carbons (Fsp3) is 0.593. The van der Waals surface area contributed by atoms with Crippen LogP contribution in [-0.2, 0) is 20.8 Å². The molecule has 0 spiro atoms. The average Bonchev–Trinajstić information content (AvgIpc) is 3.53. The fourth-order valence-corrected chi connectivity index (χ4v) is 6.40. The minimum absolute atomic E-state index is 0.101. The Balaban J connectivity index is 1.77. The second kappa shape index (κ2) is 11.8. The molecule has 0 radical (unpaired) electrons. The number of alkyl halides is 2. The monoisotopic (exact) mass is 583 g/mol. The van der Waals surface area contributed by atoms with Gasteiger partial charge in [0.2, 0.25) is 11.8 Å². The number of halogens is 3. The molecule has 2 unspecified atom stereocenters. The summed E-state index contributed by atoms with van der Waals surface area (Å²) in [5.41, 5.74) is 5.10. The lowest BCUT2D eigenvalue weighted by molar-refractivity contribution is -0.160. The number of nitrogens with two attached hydrogens (primary N) is 2. The number of rotatable bonds is 9. The molecule has 1 aliphatic carbocycles. The number of carbonyl (C=O) groups excluding carboxylic acids is 2. The van der Waals surface area contributed by atoms with E-state index < -0.39 is 42.2 Å². The fourth-order valence-electron chi connectivity index (χ4n) is 6.14. The molecule has 5 N–H and O–H groups in total. The number of hydrogen-bond acceptors (Lipinski definition) is 7. The number of hydrogen-bond donors (Lipinski definition) is 3. The molecule has 1 saturated heterocycles. The van der Waals surface area contributed by atoms with Crippen LogP contribution in [0.15, 0.2) is 23.5 Å². The Labute approximate surface area is 236 Å². The maximum Gasteiger partial charge on any atom is 0.310 e. The summed E-state index contributed by atoms with van der Waals surface area (Å²) in [6.07, 6.45) is -1.17. The number of benzene rings is 1. The number of hydrazine groups is 1. The van der Waals surface area contributed by atoms with Gasteiger partial charge in [0.1, 0.15) is 24.2 Å². The number of fused-ring (bicyclic) bond motifs is 1. The van der Waals surface area contributed by atoms with Gasteiger partial charge in [0.05, 0.1) is 17.0 Å². The van der Waals surface area contributed by atoms with Crippen molar-refractivity contribution in [2.24, 2.45) is 22.9 Å². The lowest BCUT2D eigenvalue weighted by Crippen LogP contribution is -2.52. The molecule has 2 amide bonds. The molecular formula is C27H36ClF2N5O5. The smallest absolute Gasteiger partial charge is 0.310 e. The summed E-state index contributed by atoms with van der Waals surface area (Å²) in [6.45, 7) is 3.49. The van der Waals surface area contributed by atoms with Crippen LogP contribution in [0.5, 0.6) is 5.75 Å². The molecule has 0 aromatic heterocycles. The summed E-state index contributed by atoms with van der Waals surface area (Å²) in [4.78, 5) is 42.4. The topological polar surface area (TPSA) is 142 Å². The molecule has 2 fully saturated rings. The van der Waals surface area contributed by atoms with E-state index in [1.165, 1.54) is 0 Å². The minimum Gasteiger partial charge on any atom is -0.487 e. The van der Waals surface area contributed by atoms with Gasteiger partial charge in [-0.2, -0.15) is 0 Å². The molecule has 40 heavy (non-hydrogen) atoms. The van der Waals surface area contributed by atoms with Gasteiger partial charge in [0, 0.05) is 36.6 Å². The number of allylic oxidation sites excluding steroid dienone is 1. The number of carbonyl (C=O) groups is 3. The van der Waals surface area contributed by atoms with E-state index in [1.54, 1.807) is 35.8 Å². The molecule has 3 aliphatic rings. The third kappa shape index (κ3) is 5.30. The van der Waals surface area contributed by atoms with E-state index in [2.05, 4.69) is 0 Å². The van der Waals surface area contributed by atoms with E-state index in [1.807, 2.05) is 0 Å². The minimum atomic E-state index is -2.93. The van der Waals surface area contributed by atoms with Crippen LogP contribution in [0, 0.1) is 11.3 Å². The van der Waals surface area contributed by atoms with Crippen LogP contribution < -0.4 is 16.3 Å². The van der Waals surface area contributed by atoms with Gasteiger partial charge < -0.3 is 30.4 Å². The molecule has 1 saturated carbocycles. The molecule has 0 bridgehead atoms. The molecule has 2 heterocycles. The van der Waals surface area contributed by atoms with Gasteiger partial charge in [0.25, 0.3) is 6.43 Å². The van der Waals surface area contributed by atoms with Crippen LogP contribution in [-0.4, -0.2) is 70.4 Å². The van der Waals surface area contributed by atoms with Crippen molar-refractivity contribution in [3.8, 4) is 5.75 Å². The van der Waals surface area contributed by atoms with E-state index in [4.69, 9.17) is 27.9 Å². The van der Waals surface area contributed by atoms with Gasteiger partial charge in [-0.05, 0) is 57.2 Å². The maximum absolute atomic E-state index is 14.1. The third-order valence-electron chi connectivity index (χ3n) is 8.42. The summed E-state index contributed by atoms with van der Waals surface area (Å²) in [5, 5.41) is 11.2. The van der Waals surface area contributed by atoms with Gasteiger partial charge in [-0.3, -0.25) is 14.4 Å². The highest BCUT2D eigenvalue weighted by atomic mass is 35.5. The van der Waals surface area contributed by atoms with Crippen molar-refractivity contribution in [2.45, 2.75) is 65.0 Å². The molecular weight excluding hydrogens is 548 g/mol. The number of likely N-dealkylation sites (tertiary alicyclic amines) is 1. The van der Waals surface area contributed by atoms with E-state index in [-0.39, 0.29) is 36.4 Å². The summed E-state index contributed by atoms with van der Waals surface area (Å²) in [7, 11) is 0. The lowest BCUT2D eigenvalue weighted by Gasteiger charge is -2.45. The van der Waals surface area contributed by atoms with Gasteiger partial charge in [-0.1, -0.05) is 18.0 Å². The molecule has 1 aromatic rings. The normalized spacial score (nSPS) is 25.2. The van der Waals surface area contributed by atoms with Crippen molar-refractivity contribution in [3.05, 3.63) is 39.7 Å². The predicted octanol–water partition coefficient (Wildman–Crippen LogP) is 3.25. The molecule has 3 atom stereocenters. The molecule has 1 aromatic carbocycles. The van der Waals surface area contributed by atoms with Crippen molar-refractivity contribution in [3.63, 3.8) is 0 Å². The zero-order chi connectivity index (χ0) is 29.4. The second-order valence-corrected chi connectivity index (χ2v) is 11.1. The predicted molar refractivity (Wildman–Crippen MR) is 143 cm³/mol. The van der Waals surface area contributed by atoms with Crippen molar-refractivity contribution in [2.75, 3.05) is 26.2 Å². The van der Waals surface area contributed by atoms with Gasteiger partial charge in [-0.25, -0.2) is 14.6 Å². The lowest BCUT2D eigenvalue weighted by atomic mass is 9.78. The Morgan fingerprint density at radius 3 is 2.60 bits per heavy atom. The number of carboxylic acids is 1. The Kier molecular flexibility index (Phi) is 8.79. The zero-order valence-corrected chi connectivity index (χ0v) is 23.4. The van der Waals surface area contributed by atoms with Gasteiger partial charge in [-0.15, -0.1) is 0 Å². The van der Waals surface area contributed by atoms with Crippen molar-refractivity contribution in [1.82, 2.24) is 14.8 Å². The van der Waals surface area contributed by atoms with Crippen LogP contribution in [0.2, 0.25) is 5.02 Å². The van der Waals surface area contributed by atoms with Crippen LogP contribution in [0.3, 0.4) is 0 Å². The van der Waals surface area contributed by atoms with Crippen LogP contribution in [0.4, 0.5) is 8.78 Å². The molecule has 13 heteroatoms. The quantitative estimate of drug-likeness (QED) is 0.297. The van der Waals surface area contributed by atoms with Crippen LogP contribution >= 0.6 is 11.6 Å². The SMILES string of the molecule is CCN(N)/C(=C(\N)COc1ccc(Cl)c2c1C(N1CCCC1=O)N(C(=O)C1CCC[C@]1(C)C(=O)O)CC2)C(F)F. The van der Waals surface area contributed by atoms with E-state index in [0.29, 0.717) is 61.2 Å². The zero-order valence-electron chi connectivity index (χ0n) is 22.7. The van der Waals surface area contributed by atoms with Crippen molar-refractivity contribution in [1.29, 1.82) is 0 Å². The van der Waals surface area contributed by atoms with Crippen LogP contribution in [0.25, 0.3) is 0 Å². The summed E-state index contributed by atoms with van der Waals surface area (Å²) >= 11 is 6.58. The summed E-state index contributed by atoms with van der Waals surface area (Å²) < 4.78 is 33.4. The summed E-state index contributed by atoms with van der Waals surface area (Å²) in [6, 6.07) is 3.18. The number of aliphatic carboxylic acids is 1. The number of nitrogens with zero attached hydrogens (tertiary/aromatic N) is 3. The Morgan fingerprint density at radius 2 is 2.00 bits per heavy atom. The van der Waals surface area contributed by atoms with Crippen LogP contribution in [0.1, 0.15) is 63.2 Å². The number of carboxylic acid groups (broad SMARTS) is 1. The Morgan fingerprint density at radius 1 is 1.27 bits per heavy atom. The molecule has 10 nitrogen and oxygen atoms in total. The first-order chi connectivity index (χ1) is 18.9. The number of amides is 2. The van der Waals surface area contributed by atoms with E-state index in [9.17, 15) is 28.3 Å². The molecule has 220 valence electrons. The van der Waals surface area contributed by atoms with Gasteiger partial charge >= 0.3 is 5.97 Å². The van der Waals surface area contributed by atoms with Gasteiger partial charge in [0.15, 0.2) is 0 Å². The first-order valence-electron chi connectivity index (χ1n) is 13.5. The molecule has 2 aliphatic heterocycles.